The third-order valence-electron chi connectivity index (χ3n) is 6.15. The van der Waals surface area contributed by atoms with Crippen LogP contribution in [0.5, 0.6) is 5.88 Å². The van der Waals surface area contributed by atoms with Gasteiger partial charge in [0.25, 0.3) is 0 Å². The molecule has 0 aliphatic heterocycles. The van der Waals surface area contributed by atoms with Gasteiger partial charge >= 0.3 is 5.97 Å². The number of nitrogens with zero attached hydrogens (tertiary/aromatic N) is 6. The number of hydrogen-bond donors (Lipinski definition) is 1. The van der Waals surface area contributed by atoms with Gasteiger partial charge in [0.05, 0.1) is 29.8 Å². The summed E-state index contributed by atoms with van der Waals surface area (Å²) in [5.41, 5.74) is 3.43. The first kappa shape index (κ1) is 26.4. The van der Waals surface area contributed by atoms with Gasteiger partial charge in [-0.3, -0.25) is 0 Å². The monoisotopic (exact) mass is 538 g/mol. The second-order valence-electron chi connectivity index (χ2n) is 8.81. The van der Waals surface area contributed by atoms with E-state index in [9.17, 15) is 14.3 Å². The average Bonchev–Trinajstić information content (AvgIpc) is 3.31. The van der Waals surface area contributed by atoms with E-state index in [2.05, 4.69) is 19.8 Å². The Morgan fingerprint density at radius 3 is 2.65 bits per heavy atom. The molecule has 0 fully saturated rings. The van der Waals surface area contributed by atoms with Gasteiger partial charge in [0, 0.05) is 44.1 Å². The highest BCUT2D eigenvalue weighted by Gasteiger charge is 2.15. The lowest BCUT2D eigenvalue weighted by atomic mass is 10.2. The van der Waals surface area contributed by atoms with Crippen LogP contribution >= 0.6 is 0 Å². The van der Waals surface area contributed by atoms with E-state index in [4.69, 9.17) is 21.0 Å². The summed E-state index contributed by atoms with van der Waals surface area (Å²) in [5, 5.41) is 9.39. The van der Waals surface area contributed by atoms with Crippen molar-refractivity contribution in [2.24, 2.45) is 0 Å². The summed E-state index contributed by atoms with van der Waals surface area (Å²) in [6.07, 6.45) is 3.80. The summed E-state index contributed by atoms with van der Waals surface area (Å²) in [6.45, 7) is 7.88. The number of hydrogen-bond acceptors (Lipinski definition) is 7. The Balaban J connectivity index is 1.33. The molecule has 5 rings (SSSR count). The minimum Gasteiger partial charge on any atom is -0.478 e. The molecule has 3 aromatic heterocycles. The van der Waals surface area contributed by atoms with Gasteiger partial charge in [0.15, 0.2) is 11.5 Å². The van der Waals surface area contributed by atoms with Crippen LogP contribution in [-0.2, 0) is 24.3 Å². The summed E-state index contributed by atoms with van der Waals surface area (Å²) in [6, 6.07) is 14.2. The van der Waals surface area contributed by atoms with Crippen LogP contribution in [0.1, 0.15) is 27.3 Å². The smallest absolute Gasteiger partial charge is 0.335 e. The number of carbonyl (C=O) groups is 1. The predicted octanol–water partition coefficient (Wildman–Crippen LogP) is 5.09. The molecule has 0 aliphatic rings. The predicted molar refractivity (Wildman–Crippen MR) is 144 cm³/mol. The summed E-state index contributed by atoms with van der Waals surface area (Å²) in [5.74, 6) is -0.109. The summed E-state index contributed by atoms with van der Waals surface area (Å²) >= 11 is 0. The quantitative estimate of drug-likeness (QED) is 0.244. The molecule has 0 unspecified atom stereocenters. The molecule has 11 heteroatoms. The van der Waals surface area contributed by atoms with E-state index >= 15 is 0 Å². The lowest BCUT2D eigenvalue weighted by Gasteiger charge is -2.10. The number of benzene rings is 2. The minimum absolute atomic E-state index is 0.0433. The topological polar surface area (TPSA) is 117 Å². The molecular weight excluding hydrogens is 515 g/mol. The molecule has 1 N–H and O–H groups in total. The molecule has 0 aliphatic carbocycles. The maximum absolute atomic E-state index is 14.2. The number of carboxylic acids is 1. The fourth-order valence-corrected chi connectivity index (χ4v) is 4.13. The van der Waals surface area contributed by atoms with E-state index < -0.39 is 11.8 Å². The van der Waals surface area contributed by atoms with E-state index in [-0.39, 0.29) is 23.7 Å². The molecule has 0 radical (unpaired) electrons. The van der Waals surface area contributed by atoms with Gasteiger partial charge in [-0.1, -0.05) is 18.2 Å². The Kier molecular flexibility index (Phi) is 7.70. The zero-order valence-electron chi connectivity index (χ0n) is 21.4. The summed E-state index contributed by atoms with van der Waals surface area (Å²) in [4.78, 5) is 32.7. The van der Waals surface area contributed by atoms with Crippen LogP contribution in [0.15, 0.2) is 67.0 Å². The number of methoxy groups -OCH3 is 1. The molecule has 0 atom stereocenters. The molecule has 0 saturated heterocycles. The van der Waals surface area contributed by atoms with Crippen LogP contribution in [0.2, 0.25) is 0 Å². The first-order chi connectivity index (χ1) is 19.4. The van der Waals surface area contributed by atoms with Crippen molar-refractivity contribution in [3.8, 4) is 17.4 Å². The van der Waals surface area contributed by atoms with Crippen molar-refractivity contribution in [3.05, 3.63) is 107 Å². The number of imidazole rings is 1. The van der Waals surface area contributed by atoms with Crippen LogP contribution in [0.25, 0.3) is 27.4 Å². The largest absolute Gasteiger partial charge is 0.478 e. The number of pyridine rings is 1. The fourth-order valence-electron chi connectivity index (χ4n) is 4.13. The van der Waals surface area contributed by atoms with Crippen LogP contribution in [-0.4, -0.2) is 49.3 Å². The Morgan fingerprint density at radius 2 is 1.93 bits per heavy atom. The SMILES string of the molecule is [C-]#[N+]c1ccc(COc2cccc(-c3ncc(Cc4nc5ccc(C(=O)O)cc5n4CCOC)cn3)n2)c(F)c1. The number of rotatable bonds is 10. The Hall–Kier alpha value is -5.21. The molecule has 2 aromatic carbocycles. The van der Waals surface area contributed by atoms with E-state index in [1.54, 1.807) is 49.8 Å². The maximum atomic E-state index is 14.2. The number of halogens is 1. The van der Waals surface area contributed by atoms with Gasteiger partial charge in [-0.25, -0.2) is 34.0 Å². The van der Waals surface area contributed by atoms with Crippen molar-refractivity contribution in [2.75, 3.05) is 13.7 Å². The molecule has 0 spiro atoms. The van der Waals surface area contributed by atoms with Crippen LogP contribution in [0.4, 0.5) is 10.1 Å². The minimum atomic E-state index is -1.00. The van der Waals surface area contributed by atoms with Crippen molar-refractivity contribution < 1.29 is 23.8 Å². The van der Waals surface area contributed by atoms with Crippen molar-refractivity contribution in [2.45, 2.75) is 19.6 Å². The van der Waals surface area contributed by atoms with Gasteiger partial charge in [0.2, 0.25) is 5.88 Å². The maximum Gasteiger partial charge on any atom is 0.335 e. The summed E-state index contributed by atoms with van der Waals surface area (Å²) < 4.78 is 27.0. The molecular formula is C29H23FN6O4. The van der Waals surface area contributed by atoms with E-state index in [1.165, 1.54) is 24.3 Å². The molecule has 0 bridgehead atoms. The fraction of sp³-hybridized carbons (Fsp3) is 0.172. The van der Waals surface area contributed by atoms with Crippen molar-refractivity contribution in [3.63, 3.8) is 0 Å². The third kappa shape index (κ3) is 5.77. The van der Waals surface area contributed by atoms with Crippen molar-refractivity contribution in [1.29, 1.82) is 0 Å². The van der Waals surface area contributed by atoms with Gasteiger partial charge in [0.1, 0.15) is 23.9 Å². The normalized spacial score (nSPS) is 10.9. The molecule has 0 amide bonds. The number of fused-ring (bicyclic) bond motifs is 1. The molecule has 3 heterocycles. The Bertz CT molecular complexity index is 1730. The average molecular weight is 539 g/mol. The highest BCUT2D eigenvalue weighted by atomic mass is 19.1. The third-order valence-corrected chi connectivity index (χ3v) is 6.15. The molecule has 0 saturated carbocycles. The number of aromatic nitrogens is 5. The van der Waals surface area contributed by atoms with Crippen LogP contribution < -0.4 is 4.74 Å². The summed E-state index contributed by atoms with van der Waals surface area (Å²) in [7, 11) is 1.61. The lowest BCUT2D eigenvalue weighted by Crippen LogP contribution is -2.09. The molecule has 200 valence electrons. The zero-order valence-corrected chi connectivity index (χ0v) is 21.4. The lowest BCUT2D eigenvalue weighted by molar-refractivity contribution is 0.0697. The number of ether oxygens (including phenoxy) is 2. The molecule has 5 aromatic rings. The van der Waals surface area contributed by atoms with E-state index in [0.717, 1.165) is 11.4 Å². The highest BCUT2D eigenvalue weighted by molar-refractivity contribution is 5.92. The van der Waals surface area contributed by atoms with E-state index in [0.29, 0.717) is 47.7 Å². The highest BCUT2D eigenvalue weighted by Crippen LogP contribution is 2.23. The van der Waals surface area contributed by atoms with Crippen LogP contribution in [0, 0.1) is 12.4 Å². The van der Waals surface area contributed by atoms with Crippen molar-refractivity contribution >= 4 is 22.7 Å². The first-order valence-corrected chi connectivity index (χ1v) is 12.2. The number of aromatic carboxylic acids is 1. The second kappa shape index (κ2) is 11.7. The van der Waals surface area contributed by atoms with Gasteiger partial charge in [-0.05, 0) is 35.9 Å². The van der Waals surface area contributed by atoms with Crippen LogP contribution in [0.3, 0.4) is 0 Å². The second-order valence-corrected chi connectivity index (χ2v) is 8.81. The van der Waals surface area contributed by atoms with E-state index in [1.807, 2.05) is 4.57 Å². The molecule has 40 heavy (non-hydrogen) atoms. The van der Waals surface area contributed by atoms with Gasteiger partial charge in [-0.2, -0.15) is 0 Å². The van der Waals surface area contributed by atoms with Gasteiger partial charge < -0.3 is 19.1 Å². The molecule has 10 nitrogen and oxygen atoms in total. The Morgan fingerprint density at radius 1 is 1.10 bits per heavy atom. The first-order valence-electron chi connectivity index (χ1n) is 12.2. The Labute approximate surface area is 228 Å². The standard InChI is InChI=1S/C29H23FN6O4/c1-31-21-8-6-20(22(30)14-21)17-40-27-5-3-4-24(35-27)28-32-15-18(16-33-28)12-26-34-23-9-7-19(29(37)38)13-25(23)36(26)10-11-39-2/h3-9,13-16H,10-12,17H2,2H3,(H,37,38). The zero-order chi connectivity index (χ0) is 28.1. The van der Waals surface area contributed by atoms with Gasteiger partial charge in [-0.15, -0.1) is 0 Å². The van der Waals surface area contributed by atoms with Crippen molar-refractivity contribution in [1.82, 2.24) is 24.5 Å². The number of carboxylic acid groups (broad SMARTS) is 1.